The van der Waals surface area contributed by atoms with Gasteiger partial charge in [-0.05, 0) is 30.3 Å². The van der Waals surface area contributed by atoms with Crippen molar-refractivity contribution in [3.8, 4) is 17.2 Å². The number of hydrogen-bond acceptors (Lipinski definition) is 4. The van der Waals surface area contributed by atoms with E-state index in [0.29, 0.717) is 0 Å². The van der Waals surface area contributed by atoms with Crippen LogP contribution in [0.15, 0.2) is 54.7 Å². The van der Waals surface area contributed by atoms with Crippen LogP contribution in [0, 0.1) is 0 Å². The summed E-state index contributed by atoms with van der Waals surface area (Å²) < 4.78 is 44.9. The lowest BCUT2D eigenvalue weighted by Gasteiger charge is -2.08. The number of nitrogens with one attached hydrogen (secondary N) is 1. The molecule has 0 spiro atoms. The number of carbonyl (C=O) groups excluding carboxylic acids is 1. The molecule has 0 unspecified atom stereocenters. The Balaban J connectivity index is 1.94. The SMILES string of the molecule is COc1cn(-c2cccc(C(F)(F)F)c2)nc1C(=O)Nc1ccccc1O. The number of methoxy groups -OCH3 is 1. The molecule has 0 aliphatic heterocycles. The standard InChI is InChI=1S/C18H14F3N3O3/c1-27-15-10-24(12-6-4-5-11(9-12)18(19,20)21)23-16(15)17(26)22-13-7-2-3-8-14(13)25/h2-10,25H,1H3,(H,22,26). The van der Waals surface area contributed by atoms with Gasteiger partial charge in [0.1, 0.15) is 5.75 Å². The summed E-state index contributed by atoms with van der Waals surface area (Å²) in [5.74, 6) is -0.749. The molecule has 0 saturated carbocycles. The number of rotatable bonds is 4. The van der Waals surface area contributed by atoms with E-state index in [1.165, 1.54) is 37.6 Å². The normalized spacial score (nSPS) is 11.3. The van der Waals surface area contributed by atoms with Gasteiger partial charge in [-0.25, -0.2) is 4.68 Å². The number of hydrogen-bond donors (Lipinski definition) is 2. The fourth-order valence-electron chi connectivity index (χ4n) is 2.38. The number of phenols is 1. The van der Waals surface area contributed by atoms with Crippen molar-refractivity contribution in [3.05, 3.63) is 66.0 Å². The molecule has 3 rings (SSSR count). The Morgan fingerprint density at radius 1 is 1.19 bits per heavy atom. The van der Waals surface area contributed by atoms with Gasteiger partial charge in [0.05, 0.1) is 30.2 Å². The molecule has 1 aromatic heterocycles. The van der Waals surface area contributed by atoms with Crippen LogP contribution < -0.4 is 10.1 Å². The van der Waals surface area contributed by atoms with Crippen molar-refractivity contribution in [1.29, 1.82) is 0 Å². The van der Waals surface area contributed by atoms with Crippen molar-refractivity contribution >= 4 is 11.6 Å². The molecule has 6 nitrogen and oxygen atoms in total. The zero-order valence-electron chi connectivity index (χ0n) is 14.0. The van der Waals surface area contributed by atoms with Crippen LogP contribution in [0.1, 0.15) is 16.1 Å². The maximum Gasteiger partial charge on any atom is 0.416 e. The number of alkyl halides is 3. The second-order valence-corrected chi connectivity index (χ2v) is 5.51. The number of aromatic hydroxyl groups is 1. The van der Waals surface area contributed by atoms with E-state index in [-0.39, 0.29) is 28.6 Å². The Labute approximate surface area is 151 Å². The van der Waals surface area contributed by atoms with Crippen molar-refractivity contribution in [2.45, 2.75) is 6.18 Å². The zero-order valence-corrected chi connectivity index (χ0v) is 14.0. The molecule has 1 amide bonds. The summed E-state index contributed by atoms with van der Waals surface area (Å²) in [6.07, 6.45) is -3.20. The molecule has 2 N–H and O–H groups in total. The van der Waals surface area contributed by atoms with E-state index in [2.05, 4.69) is 10.4 Å². The molecule has 0 atom stereocenters. The average Bonchev–Trinajstić information content (AvgIpc) is 3.08. The van der Waals surface area contributed by atoms with E-state index in [1.807, 2.05) is 0 Å². The number of amides is 1. The first-order chi connectivity index (χ1) is 12.8. The molecule has 0 fully saturated rings. The fourth-order valence-corrected chi connectivity index (χ4v) is 2.38. The first kappa shape index (κ1) is 18.3. The highest BCUT2D eigenvalue weighted by Gasteiger charge is 2.30. The summed E-state index contributed by atoms with van der Waals surface area (Å²) in [6.45, 7) is 0. The van der Waals surface area contributed by atoms with Gasteiger partial charge < -0.3 is 15.2 Å². The molecule has 0 bridgehead atoms. The number of anilines is 1. The molecule has 1 heterocycles. The number of ether oxygens (including phenoxy) is 1. The number of halogens is 3. The minimum atomic E-state index is -4.50. The lowest BCUT2D eigenvalue weighted by Crippen LogP contribution is -2.14. The average molecular weight is 377 g/mol. The first-order valence-electron chi connectivity index (χ1n) is 7.70. The molecule has 2 aromatic carbocycles. The molecule has 27 heavy (non-hydrogen) atoms. The highest BCUT2D eigenvalue weighted by Crippen LogP contribution is 2.31. The van der Waals surface area contributed by atoms with Gasteiger partial charge in [-0.1, -0.05) is 18.2 Å². The van der Waals surface area contributed by atoms with Gasteiger partial charge in [0.15, 0.2) is 11.4 Å². The smallest absolute Gasteiger partial charge is 0.416 e. The Kier molecular flexibility index (Phi) is 4.76. The number of phenolic OH excluding ortho intramolecular Hbond substituents is 1. The van der Waals surface area contributed by atoms with Gasteiger partial charge >= 0.3 is 6.18 Å². The molecule has 140 valence electrons. The number of para-hydroxylation sites is 2. The maximum atomic E-state index is 12.9. The van der Waals surface area contributed by atoms with E-state index in [4.69, 9.17) is 4.74 Å². The second-order valence-electron chi connectivity index (χ2n) is 5.51. The molecule has 0 aliphatic rings. The number of carbonyl (C=O) groups is 1. The molecular formula is C18H14F3N3O3. The Morgan fingerprint density at radius 3 is 2.59 bits per heavy atom. The summed E-state index contributed by atoms with van der Waals surface area (Å²) in [7, 11) is 1.31. The fraction of sp³-hybridized carbons (Fsp3) is 0.111. The summed E-state index contributed by atoms with van der Waals surface area (Å²) >= 11 is 0. The van der Waals surface area contributed by atoms with Crippen LogP contribution in [0.25, 0.3) is 5.69 Å². The molecule has 0 saturated heterocycles. The lowest BCUT2D eigenvalue weighted by atomic mass is 10.2. The second kappa shape index (κ2) is 7.02. The van der Waals surface area contributed by atoms with Gasteiger partial charge in [-0.3, -0.25) is 4.79 Å². The monoisotopic (exact) mass is 377 g/mol. The Hall–Kier alpha value is -3.49. The van der Waals surface area contributed by atoms with E-state index in [1.54, 1.807) is 12.1 Å². The quantitative estimate of drug-likeness (QED) is 0.677. The third-order valence-electron chi connectivity index (χ3n) is 3.71. The molecule has 9 heteroatoms. The van der Waals surface area contributed by atoms with Crippen LogP contribution in [0.4, 0.5) is 18.9 Å². The number of nitrogens with zero attached hydrogens (tertiary/aromatic N) is 2. The predicted octanol–water partition coefficient (Wildman–Crippen LogP) is 3.86. The Bertz CT molecular complexity index is 983. The van der Waals surface area contributed by atoms with E-state index in [0.717, 1.165) is 16.8 Å². The zero-order chi connectivity index (χ0) is 19.6. The summed E-state index contributed by atoms with van der Waals surface area (Å²) in [4.78, 5) is 12.5. The summed E-state index contributed by atoms with van der Waals surface area (Å²) in [5.41, 5.74) is -0.698. The van der Waals surface area contributed by atoms with Crippen molar-refractivity contribution in [3.63, 3.8) is 0 Å². The van der Waals surface area contributed by atoms with Gasteiger partial charge in [0, 0.05) is 0 Å². The molecule has 3 aromatic rings. The van der Waals surface area contributed by atoms with Gasteiger partial charge in [0.2, 0.25) is 0 Å². The van der Waals surface area contributed by atoms with Crippen LogP contribution in [0.5, 0.6) is 11.5 Å². The third-order valence-corrected chi connectivity index (χ3v) is 3.71. The molecule has 0 aliphatic carbocycles. The van der Waals surface area contributed by atoms with Gasteiger partial charge in [0.25, 0.3) is 5.91 Å². The highest BCUT2D eigenvalue weighted by molar-refractivity contribution is 6.05. The Morgan fingerprint density at radius 2 is 1.93 bits per heavy atom. The molecule has 0 radical (unpaired) electrons. The van der Waals surface area contributed by atoms with E-state index < -0.39 is 17.6 Å². The van der Waals surface area contributed by atoms with Crippen LogP contribution in [0.3, 0.4) is 0 Å². The number of benzene rings is 2. The van der Waals surface area contributed by atoms with Gasteiger partial charge in [-0.2, -0.15) is 18.3 Å². The van der Waals surface area contributed by atoms with Crippen LogP contribution >= 0.6 is 0 Å². The van der Waals surface area contributed by atoms with Crippen molar-refractivity contribution < 1.29 is 27.8 Å². The summed E-state index contributed by atoms with van der Waals surface area (Å²) in [6, 6.07) is 10.6. The third kappa shape index (κ3) is 3.86. The minimum Gasteiger partial charge on any atom is -0.506 e. The van der Waals surface area contributed by atoms with Crippen molar-refractivity contribution in [2.24, 2.45) is 0 Å². The van der Waals surface area contributed by atoms with Crippen LogP contribution in [-0.4, -0.2) is 27.9 Å². The predicted molar refractivity (Wildman–Crippen MR) is 91.2 cm³/mol. The lowest BCUT2D eigenvalue weighted by molar-refractivity contribution is -0.137. The first-order valence-corrected chi connectivity index (χ1v) is 7.70. The minimum absolute atomic E-state index is 0.0698. The topological polar surface area (TPSA) is 76.4 Å². The van der Waals surface area contributed by atoms with Crippen LogP contribution in [0.2, 0.25) is 0 Å². The van der Waals surface area contributed by atoms with Crippen molar-refractivity contribution in [2.75, 3.05) is 12.4 Å². The molecular weight excluding hydrogens is 363 g/mol. The van der Waals surface area contributed by atoms with Crippen LogP contribution in [-0.2, 0) is 6.18 Å². The number of aromatic nitrogens is 2. The maximum absolute atomic E-state index is 12.9. The summed E-state index contributed by atoms with van der Waals surface area (Å²) in [5, 5.41) is 16.3. The van der Waals surface area contributed by atoms with E-state index in [9.17, 15) is 23.1 Å². The van der Waals surface area contributed by atoms with E-state index >= 15 is 0 Å². The highest BCUT2D eigenvalue weighted by atomic mass is 19.4. The van der Waals surface area contributed by atoms with Gasteiger partial charge in [-0.15, -0.1) is 0 Å². The van der Waals surface area contributed by atoms with Crippen molar-refractivity contribution in [1.82, 2.24) is 9.78 Å². The largest absolute Gasteiger partial charge is 0.506 e.